The number of aliphatic imine (C=N–C) groups is 1. The van der Waals surface area contributed by atoms with Crippen molar-refractivity contribution in [2.45, 2.75) is 26.4 Å². The number of carbonyl (C=O) groups is 2. The third-order valence-corrected chi connectivity index (χ3v) is 2.80. The third kappa shape index (κ3) is 4.95. The molecule has 0 aliphatic rings. The summed E-state index contributed by atoms with van der Waals surface area (Å²) >= 11 is 5.76. The Bertz CT molecular complexity index is 628. The van der Waals surface area contributed by atoms with Crippen LogP contribution < -0.4 is 0 Å². The van der Waals surface area contributed by atoms with Gasteiger partial charge in [-0.3, -0.25) is 4.79 Å². The molecule has 1 aromatic carbocycles. The third-order valence-electron chi connectivity index (χ3n) is 2.49. The molecule has 8 heteroatoms. The average Bonchev–Trinajstić information content (AvgIpc) is 2.41. The first kappa shape index (κ1) is 17.8. The fourth-order valence-corrected chi connectivity index (χ4v) is 1.80. The molecule has 0 fully saturated rings. The van der Waals surface area contributed by atoms with Crippen LogP contribution in [-0.4, -0.2) is 30.7 Å². The van der Waals surface area contributed by atoms with Gasteiger partial charge in [-0.1, -0.05) is 11.6 Å². The molecule has 0 spiro atoms. The van der Waals surface area contributed by atoms with E-state index in [0.717, 1.165) is 12.1 Å². The summed E-state index contributed by atoms with van der Waals surface area (Å²) in [5.74, 6) is -2.26. The zero-order valence-corrected chi connectivity index (χ0v) is 12.6. The van der Waals surface area contributed by atoms with Gasteiger partial charge in [0.2, 0.25) is 6.08 Å². The number of carbonyl (C=O) groups excluding carboxylic acids is 3. The first-order chi connectivity index (χ1) is 10.4. The number of esters is 2. The van der Waals surface area contributed by atoms with Crippen molar-refractivity contribution in [3.05, 3.63) is 28.5 Å². The van der Waals surface area contributed by atoms with Gasteiger partial charge in [-0.15, -0.1) is 0 Å². The Kier molecular flexibility index (Phi) is 6.69. The highest BCUT2D eigenvalue weighted by Gasteiger charge is 2.20. The zero-order valence-electron chi connectivity index (χ0n) is 11.9. The highest BCUT2D eigenvalue weighted by Crippen LogP contribution is 2.27. The van der Waals surface area contributed by atoms with Crippen LogP contribution >= 0.6 is 11.6 Å². The van der Waals surface area contributed by atoms with Crippen LogP contribution in [-0.2, 0) is 19.1 Å². The van der Waals surface area contributed by atoms with Gasteiger partial charge < -0.3 is 9.47 Å². The summed E-state index contributed by atoms with van der Waals surface area (Å²) in [6.07, 6.45) is 0.284. The van der Waals surface area contributed by atoms with Gasteiger partial charge in [0.1, 0.15) is 11.8 Å². The Labute approximate surface area is 130 Å². The summed E-state index contributed by atoms with van der Waals surface area (Å²) < 4.78 is 23.2. The van der Waals surface area contributed by atoms with E-state index in [9.17, 15) is 18.8 Å². The van der Waals surface area contributed by atoms with E-state index < -0.39 is 23.9 Å². The van der Waals surface area contributed by atoms with E-state index >= 15 is 0 Å². The van der Waals surface area contributed by atoms with Crippen LogP contribution in [0.2, 0.25) is 5.02 Å². The van der Waals surface area contributed by atoms with Gasteiger partial charge in [0.25, 0.3) is 0 Å². The van der Waals surface area contributed by atoms with E-state index in [1.807, 2.05) is 0 Å². The van der Waals surface area contributed by atoms with E-state index in [-0.39, 0.29) is 29.3 Å². The summed E-state index contributed by atoms with van der Waals surface area (Å²) in [4.78, 5) is 36.6. The van der Waals surface area contributed by atoms with Crippen molar-refractivity contribution in [1.29, 1.82) is 0 Å². The van der Waals surface area contributed by atoms with Crippen LogP contribution in [0.4, 0.5) is 10.1 Å². The topological polar surface area (TPSA) is 82.0 Å². The fraction of sp³-hybridized carbons (Fsp3) is 0.357. The first-order valence-corrected chi connectivity index (χ1v) is 6.70. The molecule has 1 atom stereocenters. The van der Waals surface area contributed by atoms with Crippen LogP contribution in [0.5, 0.6) is 0 Å². The molecule has 0 heterocycles. The molecular formula is C14H13ClFNO5. The molecule has 0 aliphatic heterocycles. The lowest BCUT2D eigenvalue weighted by Crippen LogP contribution is -2.20. The second kappa shape index (κ2) is 8.26. The van der Waals surface area contributed by atoms with Crippen molar-refractivity contribution in [1.82, 2.24) is 0 Å². The lowest BCUT2D eigenvalue weighted by Gasteiger charge is -2.13. The molecule has 0 saturated carbocycles. The quantitative estimate of drug-likeness (QED) is 0.455. The monoisotopic (exact) mass is 329 g/mol. The molecule has 6 nitrogen and oxygen atoms in total. The second-order valence-corrected chi connectivity index (χ2v) is 4.62. The molecule has 22 heavy (non-hydrogen) atoms. The molecule has 0 amide bonds. The number of hydrogen-bond acceptors (Lipinski definition) is 6. The van der Waals surface area contributed by atoms with Gasteiger partial charge in [-0.2, -0.15) is 4.99 Å². The lowest BCUT2D eigenvalue weighted by atomic mass is 10.2. The summed E-state index contributed by atoms with van der Waals surface area (Å²) in [5, 5.41) is -0.198. The van der Waals surface area contributed by atoms with E-state index in [2.05, 4.69) is 4.99 Å². The molecule has 0 N–H and O–H groups in total. The predicted octanol–water partition coefficient (Wildman–Crippen LogP) is 2.94. The molecule has 0 bridgehead atoms. The van der Waals surface area contributed by atoms with Crippen LogP contribution in [0.1, 0.15) is 30.6 Å². The molecule has 0 radical (unpaired) electrons. The predicted molar refractivity (Wildman–Crippen MR) is 75.3 cm³/mol. The van der Waals surface area contributed by atoms with E-state index in [0.29, 0.717) is 0 Å². The maximum Gasteiger partial charge on any atom is 0.340 e. The minimum Gasteiger partial charge on any atom is -0.466 e. The largest absolute Gasteiger partial charge is 0.466 e. The Balaban J connectivity index is 2.87. The van der Waals surface area contributed by atoms with Gasteiger partial charge in [0, 0.05) is 0 Å². The van der Waals surface area contributed by atoms with Crippen LogP contribution in [0.15, 0.2) is 17.1 Å². The number of rotatable bonds is 6. The smallest absolute Gasteiger partial charge is 0.340 e. The maximum atomic E-state index is 13.4. The highest BCUT2D eigenvalue weighted by atomic mass is 35.5. The Morgan fingerprint density at radius 1 is 1.45 bits per heavy atom. The summed E-state index contributed by atoms with van der Waals surface area (Å²) in [5.41, 5.74) is -0.558. The van der Waals surface area contributed by atoms with Crippen molar-refractivity contribution >= 4 is 35.3 Å². The number of nitrogens with zero attached hydrogens (tertiary/aromatic N) is 1. The normalized spacial score (nSPS) is 11.3. The number of isocyanates is 1. The van der Waals surface area contributed by atoms with Crippen molar-refractivity contribution in [2.24, 2.45) is 4.99 Å². The number of hydrogen-bond donors (Lipinski definition) is 0. The van der Waals surface area contributed by atoms with Crippen LogP contribution in [0.3, 0.4) is 0 Å². The average molecular weight is 330 g/mol. The summed E-state index contributed by atoms with van der Waals surface area (Å²) in [6, 6.07) is 1.81. The minimum absolute atomic E-state index is 0.127. The van der Waals surface area contributed by atoms with Gasteiger partial charge >= 0.3 is 11.9 Å². The van der Waals surface area contributed by atoms with Crippen molar-refractivity contribution in [3.8, 4) is 0 Å². The number of ether oxygens (including phenoxy) is 2. The molecule has 118 valence electrons. The molecule has 0 saturated heterocycles. The van der Waals surface area contributed by atoms with Crippen LogP contribution in [0.25, 0.3) is 0 Å². The van der Waals surface area contributed by atoms with Crippen LogP contribution in [0, 0.1) is 5.82 Å². The van der Waals surface area contributed by atoms with Crippen molar-refractivity contribution in [3.63, 3.8) is 0 Å². The maximum absolute atomic E-state index is 13.4. The molecule has 1 unspecified atom stereocenters. The SMILES string of the molecule is CCOC(=O)CC(C)OC(=O)c1cc(N=C=O)c(F)cc1Cl. The Hall–Kier alpha value is -2.24. The first-order valence-electron chi connectivity index (χ1n) is 6.32. The Morgan fingerprint density at radius 3 is 2.73 bits per heavy atom. The number of halogens is 2. The molecule has 0 aliphatic carbocycles. The minimum atomic E-state index is -0.871. The molecule has 0 aromatic heterocycles. The van der Waals surface area contributed by atoms with E-state index in [1.165, 1.54) is 13.0 Å². The second-order valence-electron chi connectivity index (χ2n) is 4.21. The number of benzene rings is 1. The van der Waals surface area contributed by atoms with Crippen molar-refractivity contribution < 1.29 is 28.2 Å². The van der Waals surface area contributed by atoms with E-state index in [1.54, 1.807) is 6.92 Å². The fourth-order valence-electron chi connectivity index (χ4n) is 1.57. The summed E-state index contributed by atoms with van der Waals surface area (Å²) in [7, 11) is 0. The van der Waals surface area contributed by atoms with Gasteiger partial charge in [-0.05, 0) is 26.0 Å². The van der Waals surface area contributed by atoms with Crippen molar-refractivity contribution in [2.75, 3.05) is 6.61 Å². The summed E-state index contributed by atoms with van der Waals surface area (Å²) in [6.45, 7) is 3.37. The standard InChI is InChI=1S/C14H13ClFNO5/c1-3-21-13(19)4-8(2)22-14(20)9-5-12(17-7-18)11(16)6-10(9)15/h5-6,8H,3-4H2,1-2H3. The molecule has 1 rings (SSSR count). The van der Waals surface area contributed by atoms with E-state index in [4.69, 9.17) is 21.1 Å². The molecule has 1 aromatic rings. The van der Waals surface area contributed by atoms with Gasteiger partial charge in [0.05, 0.1) is 23.6 Å². The Morgan fingerprint density at radius 2 is 2.14 bits per heavy atom. The highest BCUT2D eigenvalue weighted by molar-refractivity contribution is 6.33. The molecular weight excluding hydrogens is 317 g/mol. The van der Waals surface area contributed by atoms with Gasteiger partial charge in [0.15, 0.2) is 5.82 Å². The zero-order chi connectivity index (χ0) is 16.7. The van der Waals surface area contributed by atoms with Gasteiger partial charge in [-0.25, -0.2) is 14.0 Å². The lowest BCUT2D eigenvalue weighted by molar-refractivity contribution is -0.145.